The average Bonchev–Trinajstić information content (AvgIpc) is 2.78. The number of para-hydroxylation sites is 1. The molecule has 0 bridgehead atoms. The topological polar surface area (TPSA) is 61.9 Å². The summed E-state index contributed by atoms with van der Waals surface area (Å²) in [5, 5.41) is 3.42. The highest BCUT2D eigenvalue weighted by atomic mass is 35.5. The van der Waals surface area contributed by atoms with Gasteiger partial charge in [0.2, 0.25) is 11.8 Å². The van der Waals surface area contributed by atoms with Gasteiger partial charge in [0, 0.05) is 43.3 Å². The number of ether oxygens (including phenoxy) is 1. The summed E-state index contributed by atoms with van der Waals surface area (Å²) in [7, 11) is 0. The van der Waals surface area contributed by atoms with Crippen molar-refractivity contribution >= 4 is 29.1 Å². The van der Waals surface area contributed by atoms with Crippen molar-refractivity contribution < 1.29 is 14.3 Å². The Labute approximate surface area is 182 Å². The standard InChI is InChI=1S/C23H28ClN3O3/c1-18-16-20(9-10-21(18)24)30-15-5-8-22(28)25-17-23(29)27-13-11-26(12-14-27)19-6-3-2-4-7-19/h2-4,6-7,9-10,16H,5,8,11-15,17H2,1H3,(H,25,28). The van der Waals surface area contributed by atoms with Gasteiger partial charge in [-0.15, -0.1) is 0 Å². The average molecular weight is 430 g/mol. The van der Waals surface area contributed by atoms with Crippen molar-refractivity contribution in [1.29, 1.82) is 0 Å². The first kappa shape index (κ1) is 22.0. The molecule has 1 aliphatic heterocycles. The molecule has 3 rings (SSSR count). The Balaban J connectivity index is 1.30. The third-order valence-corrected chi connectivity index (χ3v) is 5.56. The minimum Gasteiger partial charge on any atom is -0.494 e. The molecule has 1 N–H and O–H groups in total. The highest BCUT2D eigenvalue weighted by Gasteiger charge is 2.21. The zero-order chi connectivity index (χ0) is 21.3. The van der Waals surface area contributed by atoms with Gasteiger partial charge in [-0.3, -0.25) is 9.59 Å². The van der Waals surface area contributed by atoms with Crippen LogP contribution in [0, 0.1) is 6.92 Å². The summed E-state index contributed by atoms with van der Waals surface area (Å²) < 4.78 is 5.64. The number of rotatable bonds is 8. The number of carbonyl (C=O) groups is 2. The fourth-order valence-corrected chi connectivity index (χ4v) is 3.47. The summed E-state index contributed by atoms with van der Waals surface area (Å²) in [6.07, 6.45) is 0.902. The second-order valence-electron chi connectivity index (χ2n) is 7.34. The molecule has 2 aromatic rings. The SMILES string of the molecule is Cc1cc(OCCCC(=O)NCC(=O)N2CCN(c3ccccc3)CC2)ccc1Cl. The lowest BCUT2D eigenvalue weighted by atomic mass is 10.2. The van der Waals surface area contributed by atoms with Crippen LogP contribution >= 0.6 is 11.6 Å². The van der Waals surface area contributed by atoms with E-state index in [-0.39, 0.29) is 18.4 Å². The molecule has 0 atom stereocenters. The Morgan fingerprint density at radius 2 is 1.80 bits per heavy atom. The molecule has 0 aromatic heterocycles. The van der Waals surface area contributed by atoms with Crippen molar-refractivity contribution in [3.8, 4) is 5.75 Å². The second kappa shape index (κ2) is 10.9. The van der Waals surface area contributed by atoms with Crippen LogP contribution in [-0.2, 0) is 9.59 Å². The second-order valence-corrected chi connectivity index (χ2v) is 7.75. The molecule has 1 fully saturated rings. The number of carbonyl (C=O) groups excluding carboxylic acids is 2. The normalized spacial score (nSPS) is 13.8. The quantitative estimate of drug-likeness (QED) is 0.654. The summed E-state index contributed by atoms with van der Waals surface area (Å²) in [6.45, 7) is 5.32. The Bertz CT molecular complexity index is 852. The van der Waals surface area contributed by atoms with Crippen LogP contribution in [-0.4, -0.2) is 56.0 Å². The van der Waals surface area contributed by atoms with E-state index in [0.717, 1.165) is 24.4 Å². The molecular formula is C23H28ClN3O3. The van der Waals surface area contributed by atoms with E-state index in [1.807, 2.05) is 42.2 Å². The largest absolute Gasteiger partial charge is 0.494 e. The monoisotopic (exact) mass is 429 g/mol. The molecule has 0 spiro atoms. The number of hydrogen-bond donors (Lipinski definition) is 1. The fourth-order valence-electron chi connectivity index (χ4n) is 3.36. The number of hydrogen-bond acceptors (Lipinski definition) is 4. The minimum atomic E-state index is -0.137. The molecule has 160 valence electrons. The van der Waals surface area contributed by atoms with E-state index in [1.54, 1.807) is 6.07 Å². The maximum Gasteiger partial charge on any atom is 0.242 e. The van der Waals surface area contributed by atoms with Gasteiger partial charge in [-0.2, -0.15) is 0 Å². The number of halogens is 1. The lowest BCUT2D eigenvalue weighted by Crippen LogP contribution is -2.51. The summed E-state index contributed by atoms with van der Waals surface area (Å²) >= 11 is 5.99. The number of aryl methyl sites for hydroxylation is 1. The first-order valence-corrected chi connectivity index (χ1v) is 10.6. The Kier molecular flexibility index (Phi) is 7.97. The maximum absolute atomic E-state index is 12.4. The number of piperazine rings is 1. The van der Waals surface area contributed by atoms with Gasteiger partial charge in [-0.25, -0.2) is 0 Å². The van der Waals surface area contributed by atoms with Crippen molar-refractivity contribution in [2.24, 2.45) is 0 Å². The third-order valence-electron chi connectivity index (χ3n) is 5.14. The number of benzene rings is 2. The number of amides is 2. The van der Waals surface area contributed by atoms with Gasteiger partial charge >= 0.3 is 0 Å². The van der Waals surface area contributed by atoms with Crippen LogP contribution in [0.25, 0.3) is 0 Å². The van der Waals surface area contributed by atoms with Crippen LogP contribution in [0.3, 0.4) is 0 Å². The van der Waals surface area contributed by atoms with Gasteiger partial charge in [0.1, 0.15) is 5.75 Å². The van der Waals surface area contributed by atoms with Crippen molar-refractivity contribution in [2.45, 2.75) is 19.8 Å². The molecular weight excluding hydrogens is 402 g/mol. The highest BCUT2D eigenvalue weighted by molar-refractivity contribution is 6.31. The number of anilines is 1. The molecule has 1 heterocycles. The van der Waals surface area contributed by atoms with E-state index in [1.165, 1.54) is 5.69 Å². The predicted molar refractivity (Wildman–Crippen MR) is 119 cm³/mol. The van der Waals surface area contributed by atoms with Gasteiger partial charge < -0.3 is 19.9 Å². The Hall–Kier alpha value is -2.73. The molecule has 30 heavy (non-hydrogen) atoms. The molecule has 0 unspecified atom stereocenters. The van der Waals surface area contributed by atoms with Crippen LogP contribution in [0.15, 0.2) is 48.5 Å². The maximum atomic E-state index is 12.4. The molecule has 6 nitrogen and oxygen atoms in total. The smallest absolute Gasteiger partial charge is 0.242 e. The van der Waals surface area contributed by atoms with Crippen molar-refractivity contribution in [2.75, 3.05) is 44.2 Å². The molecule has 0 aliphatic carbocycles. The molecule has 0 saturated carbocycles. The molecule has 2 aromatic carbocycles. The van der Waals surface area contributed by atoms with Crippen LogP contribution in [0.5, 0.6) is 5.75 Å². The summed E-state index contributed by atoms with van der Waals surface area (Å²) in [6, 6.07) is 15.7. The lowest BCUT2D eigenvalue weighted by molar-refractivity contribution is -0.133. The molecule has 1 aliphatic rings. The summed E-state index contributed by atoms with van der Waals surface area (Å²) in [4.78, 5) is 28.5. The van der Waals surface area contributed by atoms with Crippen LogP contribution in [0.4, 0.5) is 5.69 Å². The first-order valence-electron chi connectivity index (χ1n) is 10.3. The van der Waals surface area contributed by atoms with Gasteiger partial charge in [-0.1, -0.05) is 29.8 Å². The van der Waals surface area contributed by atoms with E-state index in [4.69, 9.17) is 16.3 Å². The minimum absolute atomic E-state index is 0.0380. The number of nitrogens with zero attached hydrogens (tertiary/aromatic N) is 2. The van der Waals surface area contributed by atoms with Crippen molar-refractivity contribution in [3.05, 3.63) is 59.1 Å². The predicted octanol–water partition coefficient (Wildman–Crippen LogP) is 3.27. The molecule has 7 heteroatoms. The number of nitrogens with one attached hydrogen (secondary N) is 1. The van der Waals surface area contributed by atoms with E-state index < -0.39 is 0 Å². The molecule has 1 saturated heterocycles. The zero-order valence-corrected chi connectivity index (χ0v) is 18.0. The van der Waals surface area contributed by atoms with Gasteiger partial charge in [0.25, 0.3) is 0 Å². The molecule has 2 amide bonds. The molecule has 0 radical (unpaired) electrons. The van der Waals surface area contributed by atoms with Crippen LogP contribution in [0.2, 0.25) is 5.02 Å². The fraction of sp³-hybridized carbons (Fsp3) is 0.391. The van der Waals surface area contributed by atoms with Gasteiger partial charge in [0.15, 0.2) is 0 Å². The van der Waals surface area contributed by atoms with Crippen molar-refractivity contribution in [1.82, 2.24) is 10.2 Å². The van der Waals surface area contributed by atoms with E-state index in [0.29, 0.717) is 37.6 Å². The lowest BCUT2D eigenvalue weighted by Gasteiger charge is -2.36. The van der Waals surface area contributed by atoms with E-state index in [2.05, 4.69) is 22.3 Å². The summed E-state index contributed by atoms with van der Waals surface area (Å²) in [5.74, 6) is 0.563. The van der Waals surface area contributed by atoms with Crippen LogP contribution < -0.4 is 15.0 Å². The van der Waals surface area contributed by atoms with E-state index in [9.17, 15) is 9.59 Å². The Morgan fingerprint density at radius 1 is 1.07 bits per heavy atom. The van der Waals surface area contributed by atoms with Crippen molar-refractivity contribution in [3.63, 3.8) is 0 Å². The summed E-state index contributed by atoms with van der Waals surface area (Å²) in [5.41, 5.74) is 2.13. The zero-order valence-electron chi connectivity index (χ0n) is 17.3. The third kappa shape index (κ3) is 6.39. The Morgan fingerprint density at radius 3 is 2.50 bits per heavy atom. The van der Waals surface area contributed by atoms with E-state index >= 15 is 0 Å². The van der Waals surface area contributed by atoms with Gasteiger partial charge in [0.05, 0.1) is 13.2 Å². The first-order chi connectivity index (χ1) is 14.5. The van der Waals surface area contributed by atoms with Crippen LogP contribution in [0.1, 0.15) is 18.4 Å². The van der Waals surface area contributed by atoms with Gasteiger partial charge in [-0.05, 0) is 49.2 Å². The highest BCUT2D eigenvalue weighted by Crippen LogP contribution is 2.21.